The van der Waals surface area contributed by atoms with Crippen LogP contribution in [0.25, 0.3) is 10.8 Å². The zero-order valence-corrected chi connectivity index (χ0v) is 20.4. The van der Waals surface area contributed by atoms with E-state index in [4.69, 9.17) is 9.47 Å². The Morgan fingerprint density at radius 2 is 1.74 bits per heavy atom. The third-order valence-electron chi connectivity index (χ3n) is 5.87. The largest absolute Gasteiger partial charge is 0.467 e. The van der Waals surface area contributed by atoms with Crippen LogP contribution < -0.4 is 10.6 Å². The van der Waals surface area contributed by atoms with Crippen molar-refractivity contribution in [3.05, 3.63) is 48.0 Å². The summed E-state index contributed by atoms with van der Waals surface area (Å²) in [7, 11) is 1.32. The molecule has 184 valence electrons. The van der Waals surface area contributed by atoms with E-state index in [9.17, 15) is 14.4 Å². The second kappa shape index (κ2) is 11.2. The van der Waals surface area contributed by atoms with Crippen LogP contribution in [0.4, 0.5) is 9.59 Å². The Balaban J connectivity index is 1.52. The molecule has 2 N–H and O–H groups in total. The van der Waals surface area contributed by atoms with Gasteiger partial charge in [0.05, 0.1) is 7.11 Å². The lowest BCUT2D eigenvalue weighted by Gasteiger charge is -2.33. The van der Waals surface area contributed by atoms with Gasteiger partial charge in [0.2, 0.25) is 0 Å². The molecule has 3 amide bonds. The van der Waals surface area contributed by atoms with E-state index >= 15 is 0 Å². The molecule has 8 heteroatoms. The number of ether oxygens (including phenoxy) is 2. The number of likely N-dealkylation sites (tertiary alicyclic amines) is 1. The number of benzene rings is 2. The number of fused-ring (bicyclic) bond motifs is 1. The van der Waals surface area contributed by atoms with Crippen LogP contribution >= 0.6 is 0 Å². The van der Waals surface area contributed by atoms with Gasteiger partial charge in [-0.2, -0.15) is 0 Å². The first kappa shape index (κ1) is 25.3. The van der Waals surface area contributed by atoms with Crippen molar-refractivity contribution in [2.24, 2.45) is 5.92 Å². The van der Waals surface area contributed by atoms with Crippen LogP contribution in [-0.2, 0) is 20.7 Å². The van der Waals surface area contributed by atoms with Gasteiger partial charge in [-0.1, -0.05) is 42.5 Å². The molecular weight excluding hydrogens is 434 g/mol. The number of rotatable bonds is 6. The quantitative estimate of drug-likeness (QED) is 0.626. The highest BCUT2D eigenvalue weighted by Crippen LogP contribution is 2.19. The van der Waals surface area contributed by atoms with E-state index < -0.39 is 23.7 Å². The molecule has 8 nitrogen and oxygen atoms in total. The molecule has 1 saturated heterocycles. The van der Waals surface area contributed by atoms with Gasteiger partial charge in [-0.3, -0.25) is 0 Å². The first-order valence-electron chi connectivity index (χ1n) is 11.7. The number of alkyl carbamates (subject to hydrolysis) is 1. The van der Waals surface area contributed by atoms with E-state index in [1.54, 1.807) is 4.90 Å². The highest BCUT2D eigenvalue weighted by Gasteiger charge is 2.28. The Morgan fingerprint density at radius 3 is 2.38 bits per heavy atom. The van der Waals surface area contributed by atoms with Crippen molar-refractivity contribution in [2.75, 3.05) is 26.7 Å². The lowest BCUT2D eigenvalue weighted by molar-refractivity contribution is -0.142. The van der Waals surface area contributed by atoms with Gasteiger partial charge in [0.1, 0.15) is 11.6 Å². The molecule has 1 atom stereocenters. The molecule has 2 aromatic carbocycles. The molecule has 0 radical (unpaired) electrons. The van der Waals surface area contributed by atoms with Crippen molar-refractivity contribution in [2.45, 2.75) is 51.7 Å². The molecule has 1 heterocycles. The molecule has 0 aromatic heterocycles. The minimum atomic E-state index is -0.773. The van der Waals surface area contributed by atoms with Gasteiger partial charge in [-0.15, -0.1) is 0 Å². The summed E-state index contributed by atoms with van der Waals surface area (Å²) in [5.41, 5.74) is 0.412. The fourth-order valence-electron chi connectivity index (χ4n) is 4.06. The lowest BCUT2D eigenvalue weighted by atomic mass is 9.97. The first-order valence-corrected chi connectivity index (χ1v) is 11.7. The van der Waals surface area contributed by atoms with E-state index in [1.807, 2.05) is 63.2 Å². The number of methoxy groups -OCH3 is 1. The normalized spacial score (nSPS) is 15.5. The molecule has 0 spiro atoms. The predicted octanol–water partition coefficient (Wildman–Crippen LogP) is 3.87. The maximum Gasteiger partial charge on any atom is 0.407 e. The molecule has 0 aliphatic carbocycles. The van der Waals surface area contributed by atoms with Crippen molar-refractivity contribution in [3.63, 3.8) is 0 Å². The maximum absolute atomic E-state index is 12.9. The second-order valence-corrected chi connectivity index (χ2v) is 9.72. The summed E-state index contributed by atoms with van der Waals surface area (Å²) in [5.74, 6) is -0.205. The molecule has 0 unspecified atom stereocenters. The zero-order chi connectivity index (χ0) is 24.7. The van der Waals surface area contributed by atoms with Crippen molar-refractivity contribution in [3.8, 4) is 0 Å². The van der Waals surface area contributed by atoms with Gasteiger partial charge >= 0.3 is 18.1 Å². The van der Waals surface area contributed by atoms with E-state index in [0.29, 0.717) is 26.1 Å². The number of nitrogens with zero attached hydrogens (tertiary/aromatic N) is 1. The van der Waals surface area contributed by atoms with Gasteiger partial charge in [0.15, 0.2) is 0 Å². The Kier molecular flexibility index (Phi) is 8.36. The van der Waals surface area contributed by atoms with Gasteiger partial charge in [-0.05, 0) is 55.9 Å². The van der Waals surface area contributed by atoms with E-state index in [1.165, 1.54) is 7.11 Å². The Hall–Kier alpha value is -3.29. The number of carbonyl (C=O) groups is 3. The Labute approximate surface area is 201 Å². The molecule has 0 bridgehead atoms. The van der Waals surface area contributed by atoms with Crippen molar-refractivity contribution >= 4 is 28.9 Å². The van der Waals surface area contributed by atoms with Gasteiger partial charge in [-0.25, -0.2) is 14.4 Å². The van der Waals surface area contributed by atoms with E-state index in [-0.39, 0.29) is 11.9 Å². The van der Waals surface area contributed by atoms with Crippen molar-refractivity contribution < 1.29 is 23.9 Å². The number of hydrogen-bond acceptors (Lipinski definition) is 5. The molecule has 34 heavy (non-hydrogen) atoms. The number of nitrogens with one attached hydrogen (secondary N) is 2. The predicted molar refractivity (Wildman–Crippen MR) is 131 cm³/mol. The first-order chi connectivity index (χ1) is 16.1. The van der Waals surface area contributed by atoms with Gasteiger partial charge in [0.25, 0.3) is 0 Å². The fraction of sp³-hybridized carbons (Fsp3) is 0.500. The van der Waals surface area contributed by atoms with Crippen molar-refractivity contribution in [1.29, 1.82) is 0 Å². The van der Waals surface area contributed by atoms with Crippen LogP contribution in [0.2, 0.25) is 0 Å². The van der Waals surface area contributed by atoms with Crippen LogP contribution in [0.15, 0.2) is 42.5 Å². The summed E-state index contributed by atoms with van der Waals surface area (Å²) in [5, 5.41) is 7.85. The van der Waals surface area contributed by atoms with Crippen LogP contribution in [0.1, 0.15) is 39.2 Å². The fourth-order valence-corrected chi connectivity index (χ4v) is 4.06. The topological polar surface area (TPSA) is 97.0 Å². The van der Waals surface area contributed by atoms with Crippen molar-refractivity contribution in [1.82, 2.24) is 15.5 Å². The number of amides is 3. The average molecular weight is 470 g/mol. The van der Waals surface area contributed by atoms with E-state index in [2.05, 4.69) is 10.6 Å². The number of hydrogen-bond donors (Lipinski definition) is 2. The maximum atomic E-state index is 12.9. The standard InChI is InChI=1S/C26H35N3O5/c1-26(2,3)34-25(32)27-17-18-11-13-29(14-12-18)24(31)28-22(23(30)33-4)16-19-9-10-20-7-5-6-8-21(20)15-19/h5-10,15,18,22H,11-14,16-17H2,1-4H3,(H,27,32)(H,28,31)/t22-/m0/s1. The third-order valence-corrected chi connectivity index (χ3v) is 5.87. The molecule has 1 aliphatic rings. The summed E-state index contributed by atoms with van der Waals surface area (Å²) >= 11 is 0. The van der Waals surface area contributed by atoms with Crippen LogP contribution in [0.3, 0.4) is 0 Å². The Bertz CT molecular complexity index is 1010. The lowest BCUT2D eigenvalue weighted by Crippen LogP contribution is -2.51. The number of urea groups is 1. The molecule has 1 fully saturated rings. The zero-order valence-electron chi connectivity index (χ0n) is 20.4. The van der Waals surface area contributed by atoms with Crippen LogP contribution in [0, 0.1) is 5.92 Å². The molecule has 1 aliphatic heterocycles. The summed E-state index contributed by atoms with van der Waals surface area (Å²) in [6, 6.07) is 13.0. The summed E-state index contributed by atoms with van der Waals surface area (Å²) in [4.78, 5) is 38.8. The van der Waals surface area contributed by atoms with Gasteiger partial charge < -0.3 is 25.0 Å². The van der Waals surface area contributed by atoms with Crippen LogP contribution in [-0.4, -0.2) is 61.4 Å². The molecule has 3 rings (SSSR count). The molecule has 2 aromatic rings. The Morgan fingerprint density at radius 1 is 1.06 bits per heavy atom. The highest BCUT2D eigenvalue weighted by atomic mass is 16.6. The molecule has 0 saturated carbocycles. The molecular formula is C26H35N3O5. The third kappa shape index (κ3) is 7.37. The number of carbonyl (C=O) groups excluding carboxylic acids is 3. The summed E-state index contributed by atoms with van der Waals surface area (Å²) in [6.07, 6.45) is 1.44. The monoisotopic (exact) mass is 469 g/mol. The summed E-state index contributed by atoms with van der Waals surface area (Å²) < 4.78 is 10.2. The summed E-state index contributed by atoms with van der Waals surface area (Å²) in [6.45, 7) is 7.09. The highest BCUT2D eigenvalue weighted by molar-refractivity contribution is 5.85. The number of piperidine rings is 1. The van der Waals surface area contributed by atoms with Crippen LogP contribution in [0.5, 0.6) is 0 Å². The smallest absolute Gasteiger partial charge is 0.407 e. The minimum absolute atomic E-state index is 0.269. The van der Waals surface area contributed by atoms with E-state index in [0.717, 1.165) is 29.2 Å². The second-order valence-electron chi connectivity index (χ2n) is 9.72. The minimum Gasteiger partial charge on any atom is -0.467 e. The SMILES string of the molecule is COC(=O)[C@H](Cc1ccc2ccccc2c1)NC(=O)N1CCC(CNC(=O)OC(C)(C)C)CC1. The van der Waals surface area contributed by atoms with Gasteiger partial charge in [0, 0.05) is 26.1 Å². The average Bonchev–Trinajstić information content (AvgIpc) is 2.81. The number of esters is 1.